The molecule has 10 rings (SSSR count). The number of allylic oxidation sites excluding steroid dienone is 2. The molecule has 0 bridgehead atoms. The van der Waals surface area contributed by atoms with Gasteiger partial charge in [0.25, 0.3) is 0 Å². The van der Waals surface area contributed by atoms with Crippen molar-refractivity contribution in [1.29, 1.82) is 0 Å². The van der Waals surface area contributed by atoms with Gasteiger partial charge in [0.15, 0.2) is 11.6 Å². The molecule has 3 aliphatic carbocycles. The zero-order valence-corrected chi connectivity index (χ0v) is 24.6. The van der Waals surface area contributed by atoms with E-state index >= 15 is 9.59 Å². The van der Waals surface area contributed by atoms with Gasteiger partial charge in [0.2, 0.25) is 0 Å². The minimum atomic E-state index is -1.29. The summed E-state index contributed by atoms with van der Waals surface area (Å²) >= 11 is 0. The Morgan fingerprint density at radius 3 is 1.65 bits per heavy atom. The van der Waals surface area contributed by atoms with Crippen LogP contribution in [-0.2, 0) is 5.41 Å². The topological polar surface area (TPSA) is 72.4 Å². The molecule has 6 heteroatoms. The summed E-state index contributed by atoms with van der Waals surface area (Å²) < 4.78 is 5.50. The van der Waals surface area contributed by atoms with Gasteiger partial charge in [-0.3, -0.25) is 9.59 Å². The molecule has 6 aromatic rings. The third-order valence-electron chi connectivity index (χ3n) is 9.82. The molecular weight excluding hydrogens is 570 g/mol. The van der Waals surface area contributed by atoms with Crippen LogP contribution >= 0.6 is 0 Å². The number of para-hydroxylation sites is 2. The summed E-state index contributed by atoms with van der Waals surface area (Å²) in [6.07, 6.45) is 0. The van der Waals surface area contributed by atoms with Gasteiger partial charge in [0.05, 0.1) is 40.9 Å². The van der Waals surface area contributed by atoms with Gasteiger partial charge < -0.3 is 9.64 Å². The summed E-state index contributed by atoms with van der Waals surface area (Å²) in [6.45, 7) is 0. The molecule has 4 aliphatic rings. The van der Waals surface area contributed by atoms with E-state index in [-0.39, 0.29) is 11.6 Å². The maximum Gasteiger partial charge on any atom is 0.193 e. The van der Waals surface area contributed by atoms with Crippen LogP contribution in [-0.4, -0.2) is 28.6 Å². The smallest absolute Gasteiger partial charge is 0.193 e. The lowest BCUT2D eigenvalue weighted by molar-refractivity contribution is 0.101. The number of aromatic nitrogens is 2. The number of nitrogens with zero attached hydrogens (tertiary/aromatic N) is 3. The molecule has 6 nitrogen and oxygen atoms in total. The zero-order valence-electron chi connectivity index (χ0n) is 24.6. The molecule has 0 unspecified atom stereocenters. The fourth-order valence-corrected chi connectivity index (χ4v) is 8.02. The van der Waals surface area contributed by atoms with Gasteiger partial charge in [-0.2, -0.15) is 0 Å². The number of methoxy groups -OCH3 is 1. The van der Waals surface area contributed by atoms with Crippen molar-refractivity contribution in [2.24, 2.45) is 0 Å². The van der Waals surface area contributed by atoms with Crippen molar-refractivity contribution in [1.82, 2.24) is 9.97 Å². The van der Waals surface area contributed by atoms with Crippen molar-refractivity contribution in [3.8, 4) is 17.0 Å². The van der Waals surface area contributed by atoms with Crippen LogP contribution in [0.15, 0.2) is 132 Å². The van der Waals surface area contributed by atoms with Crippen molar-refractivity contribution < 1.29 is 14.3 Å². The van der Waals surface area contributed by atoms with E-state index in [1.807, 2.05) is 121 Å². The van der Waals surface area contributed by atoms with E-state index in [2.05, 4.69) is 4.90 Å². The summed E-state index contributed by atoms with van der Waals surface area (Å²) in [6, 6.07) is 39.0. The number of hydrogen-bond donors (Lipinski definition) is 0. The second-order valence-corrected chi connectivity index (χ2v) is 11.9. The van der Waals surface area contributed by atoms with Crippen molar-refractivity contribution in [2.45, 2.75) is 5.41 Å². The molecule has 5 aromatic carbocycles. The summed E-state index contributed by atoms with van der Waals surface area (Å²) in [5.74, 6) is 0.487. The van der Waals surface area contributed by atoms with E-state index in [1.54, 1.807) is 7.11 Å². The second-order valence-electron chi connectivity index (χ2n) is 11.9. The van der Waals surface area contributed by atoms with Crippen LogP contribution in [0.4, 0.5) is 5.69 Å². The van der Waals surface area contributed by atoms with Crippen molar-refractivity contribution in [3.63, 3.8) is 0 Å². The van der Waals surface area contributed by atoms with Gasteiger partial charge in [0.1, 0.15) is 11.2 Å². The Hall–Kier alpha value is -6.14. The highest BCUT2D eigenvalue weighted by Crippen LogP contribution is 2.65. The number of Topliss-reactive ketones (excluding diaryl/α,β-unsaturated/α-hetero) is 2. The highest BCUT2D eigenvalue weighted by atomic mass is 16.5. The van der Waals surface area contributed by atoms with Crippen LogP contribution in [0.1, 0.15) is 43.1 Å². The average Bonchev–Trinajstić information content (AvgIpc) is 3.68. The minimum absolute atomic E-state index is 0.114. The Bertz CT molecular complexity index is 2370. The Morgan fingerprint density at radius 2 is 1.07 bits per heavy atom. The monoisotopic (exact) mass is 593 g/mol. The van der Waals surface area contributed by atoms with E-state index in [0.29, 0.717) is 44.9 Å². The highest BCUT2D eigenvalue weighted by molar-refractivity contribution is 6.35. The Morgan fingerprint density at radius 1 is 0.565 bits per heavy atom. The molecule has 1 aliphatic heterocycles. The molecule has 0 fully saturated rings. The molecule has 0 amide bonds. The first kappa shape index (κ1) is 25.2. The predicted molar refractivity (Wildman–Crippen MR) is 177 cm³/mol. The number of ketones is 2. The Balaban J connectivity index is 1.43. The van der Waals surface area contributed by atoms with E-state index in [4.69, 9.17) is 14.7 Å². The molecule has 1 spiro atoms. The summed E-state index contributed by atoms with van der Waals surface area (Å²) in [4.78, 5) is 42.7. The molecule has 2 heterocycles. The van der Waals surface area contributed by atoms with Crippen molar-refractivity contribution in [2.75, 3.05) is 12.0 Å². The fraction of sp³-hybridized carbons (Fsp3) is 0.0500. The van der Waals surface area contributed by atoms with Gasteiger partial charge in [-0.15, -0.1) is 0 Å². The van der Waals surface area contributed by atoms with Gasteiger partial charge in [0, 0.05) is 44.7 Å². The number of fused-ring (bicyclic) bond motifs is 12. The normalized spacial score (nSPS) is 16.4. The quantitative estimate of drug-likeness (QED) is 0.206. The first-order valence-electron chi connectivity index (χ1n) is 15.2. The van der Waals surface area contributed by atoms with E-state index in [1.165, 1.54) is 0 Å². The van der Waals surface area contributed by atoms with Crippen LogP contribution in [0.2, 0.25) is 0 Å². The highest BCUT2D eigenvalue weighted by Gasteiger charge is 2.63. The molecule has 0 atom stereocenters. The number of carbonyl (C=O) groups is 2. The maximum absolute atomic E-state index is 15.0. The number of rotatable bonds is 2. The lowest BCUT2D eigenvalue weighted by Gasteiger charge is -2.42. The molecule has 0 saturated carbocycles. The van der Waals surface area contributed by atoms with Gasteiger partial charge in [-0.1, -0.05) is 84.9 Å². The Kier molecular flexibility index (Phi) is 4.79. The van der Waals surface area contributed by atoms with Crippen LogP contribution in [0, 0.1) is 0 Å². The first-order valence-corrected chi connectivity index (χ1v) is 15.2. The molecule has 0 saturated heterocycles. The van der Waals surface area contributed by atoms with Gasteiger partial charge in [-0.05, 0) is 42.0 Å². The number of carbonyl (C=O) groups excluding carboxylic acids is 2. The lowest BCUT2D eigenvalue weighted by Crippen LogP contribution is -2.42. The van der Waals surface area contributed by atoms with Crippen molar-refractivity contribution in [3.05, 3.63) is 166 Å². The number of anilines is 1. The Labute approximate surface area is 263 Å². The third kappa shape index (κ3) is 2.87. The third-order valence-corrected chi connectivity index (χ3v) is 9.82. The first-order chi connectivity index (χ1) is 22.6. The largest absolute Gasteiger partial charge is 0.497 e. The second kappa shape index (κ2) is 8.73. The molecule has 1 aromatic heterocycles. The predicted octanol–water partition coefficient (Wildman–Crippen LogP) is 7.64. The van der Waals surface area contributed by atoms with Crippen molar-refractivity contribution >= 4 is 39.7 Å². The van der Waals surface area contributed by atoms with Crippen LogP contribution in [0.5, 0.6) is 5.75 Å². The molecular formula is C40H23N3O3. The summed E-state index contributed by atoms with van der Waals surface area (Å²) in [5, 5.41) is 0. The minimum Gasteiger partial charge on any atom is -0.497 e. The SMILES string of the molecule is COc1ccc(N2C3=C(C(=O)c4ccccc43)C3(C4=C2c2ccccc2C4=O)c2ccccc2-c2nc4ccccc4nc23)cc1. The van der Waals surface area contributed by atoms with Crippen LogP contribution in [0.3, 0.4) is 0 Å². The van der Waals surface area contributed by atoms with Gasteiger partial charge >= 0.3 is 0 Å². The molecule has 46 heavy (non-hydrogen) atoms. The maximum atomic E-state index is 15.0. The number of hydrogen-bond acceptors (Lipinski definition) is 6. The lowest BCUT2D eigenvalue weighted by atomic mass is 9.64. The number of ether oxygens (including phenoxy) is 1. The molecule has 216 valence electrons. The van der Waals surface area contributed by atoms with E-state index in [0.717, 1.165) is 44.9 Å². The standard InChI is InChI=1S/C40H23N3O3/c1-46-23-20-18-22(19-21-23)43-35-24-10-2-4-12-26(24)37(44)32(35)40(33-36(43)25-11-3-5-13-27(25)38(33)45)29-15-7-6-14-28(29)34-39(40)42-31-17-9-8-16-30(31)41-34/h2-21H,1H3. The summed E-state index contributed by atoms with van der Waals surface area (Å²) in [5.41, 5.74) is 9.44. The zero-order chi connectivity index (χ0) is 30.7. The number of benzene rings is 5. The van der Waals surface area contributed by atoms with E-state index < -0.39 is 5.41 Å². The average molecular weight is 594 g/mol. The van der Waals surface area contributed by atoms with Crippen LogP contribution < -0.4 is 9.64 Å². The summed E-state index contributed by atoms with van der Waals surface area (Å²) in [7, 11) is 1.64. The fourth-order valence-electron chi connectivity index (χ4n) is 8.02. The molecule has 0 radical (unpaired) electrons. The molecule has 0 N–H and O–H groups in total. The van der Waals surface area contributed by atoms with Gasteiger partial charge in [-0.25, -0.2) is 9.97 Å². The van der Waals surface area contributed by atoms with E-state index in [9.17, 15) is 0 Å². The van der Waals surface area contributed by atoms with Crippen LogP contribution in [0.25, 0.3) is 33.7 Å².